The Labute approximate surface area is 283 Å². The number of amides is 2. The summed E-state index contributed by atoms with van der Waals surface area (Å²) >= 11 is 0. The third kappa shape index (κ3) is 13.7. The smallest absolute Gasteiger partial charge is 0.317 e. The van der Waals surface area contributed by atoms with Crippen molar-refractivity contribution in [2.75, 3.05) is 90.4 Å². The molecule has 0 aromatic heterocycles. The Morgan fingerprint density at radius 1 is 0.735 bits per heavy atom. The van der Waals surface area contributed by atoms with Crippen LogP contribution in [0.4, 0.5) is 5.69 Å². The van der Waals surface area contributed by atoms with Gasteiger partial charge in [-0.05, 0) is 36.6 Å². The highest BCUT2D eigenvalue weighted by Gasteiger charge is 2.46. The number of benzene rings is 1. The van der Waals surface area contributed by atoms with E-state index in [0.717, 1.165) is 0 Å². The normalized spacial score (nSPS) is 18.7. The molecule has 0 radical (unpaired) electrons. The zero-order valence-electron chi connectivity index (χ0n) is 27.4. The number of nitrogens with one attached hydrogen (secondary N) is 2. The molecule has 270 valence electrons. The molecule has 2 amide bonds. The Hall–Kier alpha value is -4.75. The van der Waals surface area contributed by atoms with Crippen LogP contribution in [-0.4, -0.2) is 172 Å². The summed E-state index contributed by atoms with van der Waals surface area (Å²) in [5.41, 5.74) is 4.43. The predicted octanol–water partition coefficient (Wildman–Crippen LogP) is -2.31. The zero-order chi connectivity index (χ0) is 36.7. The zero-order valence-corrected chi connectivity index (χ0v) is 27.4. The Balaban J connectivity index is 2.65. The molecule has 2 rings (SSSR count). The molecule has 1 atom stereocenters. The number of carboxylic acid groups (broad SMARTS) is 4. The van der Waals surface area contributed by atoms with Crippen LogP contribution in [0.25, 0.3) is 0 Å². The largest absolute Gasteiger partial charge is 0.480 e. The van der Waals surface area contributed by atoms with Gasteiger partial charge in [0.2, 0.25) is 11.8 Å². The Bertz CT molecular complexity index is 1390. The fraction of sp³-hybridized carbons (Fsp3) is 0.516. The van der Waals surface area contributed by atoms with E-state index in [2.05, 4.69) is 17.2 Å². The van der Waals surface area contributed by atoms with Gasteiger partial charge in [-0.15, -0.1) is 0 Å². The highest BCUT2D eigenvalue weighted by molar-refractivity contribution is 6.02. The molecule has 0 spiro atoms. The van der Waals surface area contributed by atoms with E-state index in [1.54, 1.807) is 29.2 Å². The first-order valence-corrected chi connectivity index (χ1v) is 15.4. The molecule has 18 nitrogen and oxygen atoms in total. The molecule has 1 aromatic rings. The van der Waals surface area contributed by atoms with E-state index in [4.69, 9.17) is 5.73 Å². The van der Waals surface area contributed by atoms with Crippen LogP contribution in [0.3, 0.4) is 0 Å². The van der Waals surface area contributed by atoms with Crippen LogP contribution in [0, 0.1) is 0 Å². The lowest BCUT2D eigenvalue weighted by Crippen LogP contribution is -2.65. The van der Waals surface area contributed by atoms with Crippen LogP contribution in [0.1, 0.15) is 12.5 Å². The van der Waals surface area contributed by atoms with Crippen molar-refractivity contribution in [2.45, 2.75) is 18.9 Å². The average Bonchev–Trinajstić information content (AvgIpc) is 3.01. The van der Waals surface area contributed by atoms with Crippen molar-refractivity contribution >= 4 is 47.2 Å². The Morgan fingerprint density at radius 3 is 1.67 bits per heavy atom. The summed E-state index contributed by atoms with van der Waals surface area (Å²) in [4.78, 5) is 91.5. The maximum Gasteiger partial charge on any atom is 0.317 e. The summed E-state index contributed by atoms with van der Waals surface area (Å²) in [7, 11) is 0. The van der Waals surface area contributed by atoms with Gasteiger partial charge in [0.05, 0.1) is 39.3 Å². The van der Waals surface area contributed by atoms with Crippen LogP contribution in [0.15, 0.2) is 36.4 Å². The van der Waals surface area contributed by atoms with Gasteiger partial charge in [-0.2, -0.15) is 0 Å². The first kappa shape index (κ1) is 40.4. The number of carboxylic acids is 4. The lowest BCUT2D eigenvalue weighted by molar-refractivity contribution is -0.146. The van der Waals surface area contributed by atoms with E-state index in [1.807, 2.05) is 0 Å². The van der Waals surface area contributed by atoms with Crippen LogP contribution >= 0.6 is 0 Å². The molecule has 1 unspecified atom stereocenters. The number of Topliss-reactive ketones (excluding diaryl/α,β-unsaturated/α-hetero) is 1. The van der Waals surface area contributed by atoms with Gasteiger partial charge in [-0.1, -0.05) is 18.7 Å². The molecular formula is C31H45N7O11. The molecule has 1 heterocycles. The van der Waals surface area contributed by atoms with Crippen molar-refractivity contribution < 1.29 is 54.0 Å². The summed E-state index contributed by atoms with van der Waals surface area (Å²) in [6.07, 6.45) is -0.138. The van der Waals surface area contributed by atoms with Crippen molar-refractivity contribution in [1.82, 2.24) is 24.9 Å². The summed E-state index contributed by atoms with van der Waals surface area (Å²) in [6.45, 7) is 2.47. The van der Waals surface area contributed by atoms with Crippen LogP contribution < -0.4 is 16.4 Å². The third-order valence-corrected chi connectivity index (χ3v) is 7.82. The second kappa shape index (κ2) is 19.3. The molecule has 1 fully saturated rings. The maximum atomic E-state index is 14.3. The molecule has 0 bridgehead atoms. The number of rotatable bonds is 16. The van der Waals surface area contributed by atoms with Crippen LogP contribution in [0.5, 0.6) is 0 Å². The average molecular weight is 692 g/mol. The Morgan fingerprint density at radius 2 is 1.20 bits per heavy atom. The van der Waals surface area contributed by atoms with E-state index in [1.165, 1.54) is 21.6 Å². The topological polar surface area (TPSA) is 263 Å². The van der Waals surface area contributed by atoms with Gasteiger partial charge in [0.15, 0.2) is 5.78 Å². The first-order chi connectivity index (χ1) is 23.0. The summed E-state index contributed by atoms with van der Waals surface area (Å²) in [5.74, 6) is -6.42. The number of carbonyl (C=O) groups is 7. The molecule has 18 heteroatoms. The second-order valence-corrected chi connectivity index (χ2v) is 11.8. The molecule has 8 N–H and O–H groups in total. The summed E-state index contributed by atoms with van der Waals surface area (Å²) < 4.78 is 0. The highest BCUT2D eigenvalue weighted by atomic mass is 16.4. The minimum absolute atomic E-state index is 0.0176. The van der Waals surface area contributed by atoms with Crippen LogP contribution in [0.2, 0.25) is 0 Å². The molecular weight excluding hydrogens is 646 g/mol. The number of nitrogens with zero attached hydrogens (tertiary/aromatic N) is 4. The monoisotopic (exact) mass is 691 g/mol. The van der Waals surface area contributed by atoms with Crippen molar-refractivity contribution in [3.63, 3.8) is 0 Å². The second-order valence-electron chi connectivity index (χ2n) is 11.8. The molecule has 49 heavy (non-hydrogen) atoms. The number of ketones is 1. The van der Waals surface area contributed by atoms with Gasteiger partial charge in [-0.3, -0.25) is 53.2 Å². The molecule has 0 saturated carbocycles. The highest BCUT2D eigenvalue weighted by Crippen LogP contribution is 2.28. The number of carbonyl (C=O) groups excluding carboxylic acids is 3. The number of aliphatic carboxylic acids is 4. The number of anilines is 1. The van der Waals surface area contributed by atoms with Crippen molar-refractivity contribution in [3.8, 4) is 0 Å². The van der Waals surface area contributed by atoms with Crippen molar-refractivity contribution in [1.29, 1.82) is 0 Å². The molecule has 1 aromatic carbocycles. The SMILES string of the molecule is C=C(C)C(=O)C1(Cc2ccc(NC(=O)CNC(=O)CN)cc2)CN(CC(=O)O)CCN(CC(=O)O)CCN(CC(=O)O)CCN1CC(=O)O. The summed E-state index contributed by atoms with van der Waals surface area (Å²) in [5, 5.41) is 43.8. The van der Waals surface area contributed by atoms with Gasteiger partial charge >= 0.3 is 23.9 Å². The van der Waals surface area contributed by atoms with Gasteiger partial charge in [0, 0.05) is 51.5 Å². The van der Waals surface area contributed by atoms with Crippen molar-refractivity contribution in [2.24, 2.45) is 5.73 Å². The standard InChI is InChI=1S/C31H45N7O11/c1-21(2)30(49)31(13-22-3-5-23(6-4-22)34-25(40)15-33-24(39)14-32)20-37(18-28(45)46)10-9-35(16-26(41)42)7-8-36(17-27(43)44)11-12-38(31)19-29(47)48/h3-6H,1,7-20,32H2,2H3,(H,33,39)(H,34,40)(H,41,42)(H,43,44)(H,45,46)(H,47,48). The van der Waals surface area contributed by atoms with Gasteiger partial charge in [0.1, 0.15) is 5.54 Å². The number of hydrogen-bond donors (Lipinski definition) is 7. The molecule has 1 aliphatic heterocycles. The molecule has 1 aliphatic rings. The lowest BCUT2D eigenvalue weighted by Gasteiger charge is -2.46. The predicted molar refractivity (Wildman–Crippen MR) is 175 cm³/mol. The molecule has 0 aliphatic carbocycles. The van der Waals surface area contributed by atoms with E-state index in [-0.39, 0.29) is 70.9 Å². The Kier molecular flexibility index (Phi) is 15.9. The lowest BCUT2D eigenvalue weighted by atomic mass is 9.81. The van der Waals surface area contributed by atoms with E-state index in [0.29, 0.717) is 11.3 Å². The van der Waals surface area contributed by atoms with Gasteiger partial charge in [0.25, 0.3) is 0 Å². The molecule has 1 saturated heterocycles. The summed E-state index contributed by atoms with van der Waals surface area (Å²) in [6, 6.07) is 6.29. The number of hydrogen-bond acceptors (Lipinski definition) is 12. The third-order valence-electron chi connectivity index (χ3n) is 7.82. The fourth-order valence-electron chi connectivity index (χ4n) is 5.59. The minimum Gasteiger partial charge on any atom is -0.480 e. The van der Waals surface area contributed by atoms with Crippen LogP contribution in [-0.2, 0) is 40.0 Å². The quantitative estimate of drug-likeness (QED) is 0.0898. The van der Waals surface area contributed by atoms with Gasteiger partial charge in [-0.25, -0.2) is 0 Å². The van der Waals surface area contributed by atoms with E-state index in [9.17, 15) is 54.0 Å². The van der Waals surface area contributed by atoms with E-state index >= 15 is 0 Å². The van der Waals surface area contributed by atoms with Crippen molar-refractivity contribution in [3.05, 3.63) is 42.0 Å². The minimum atomic E-state index is -1.73. The maximum absolute atomic E-state index is 14.3. The first-order valence-electron chi connectivity index (χ1n) is 15.4. The van der Waals surface area contributed by atoms with E-state index < -0.39 is 73.2 Å². The fourth-order valence-corrected chi connectivity index (χ4v) is 5.59. The number of nitrogens with two attached hydrogens (primary N) is 1. The van der Waals surface area contributed by atoms with Gasteiger partial charge < -0.3 is 36.8 Å².